The average Bonchev–Trinajstić information content (AvgIpc) is 2.86. The van der Waals surface area contributed by atoms with E-state index in [9.17, 15) is 0 Å². The van der Waals surface area contributed by atoms with Gasteiger partial charge in [0.2, 0.25) is 0 Å². The monoisotopic (exact) mass is 290 g/mol. The Morgan fingerprint density at radius 3 is 2.45 bits per heavy atom. The van der Waals surface area contributed by atoms with Crippen LogP contribution in [-0.2, 0) is 0 Å². The zero-order valence-electron chi connectivity index (χ0n) is 12.6. The van der Waals surface area contributed by atoms with Crippen LogP contribution in [0.25, 0.3) is 0 Å². The maximum Gasteiger partial charge on any atom is 0.170 e. The van der Waals surface area contributed by atoms with Crippen molar-refractivity contribution in [3.05, 3.63) is 30.3 Å². The van der Waals surface area contributed by atoms with Crippen LogP contribution in [0.15, 0.2) is 30.3 Å². The van der Waals surface area contributed by atoms with E-state index in [1.54, 1.807) is 0 Å². The number of anilines is 1. The van der Waals surface area contributed by atoms with Crippen molar-refractivity contribution in [2.24, 2.45) is 11.3 Å². The third kappa shape index (κ3) is 4.48. The van der Waals surface area contributed by atoms with Gasteiger partial charge in [0.1, 0.15) is 0 Å². The Hall–Kier alpha value is -1.09. The molecule has 2 N–H and O–H groups in total. The van der Waals surface area contributed by atoms with Gasteiger partial charge < -0.3 is 10.6 Å². The van der Waals surface area contributed by atoms with E-state index in [-0.39, 0.29) is 0 Å². The van der Waals surface area contributed by atoms with Crippen LogP contribution < -0.4 is 10.6 Å². The number of thiocarbonyl (C=S) groups is 1. The lowest BCUT2D eigenvalue weighted by Crippen LogP contribution is -2.38. The first-order valence-electron chi connectivity index (χ1n) is 7.70. The Labute approximate surface area is 128 Å². The van der Waals surface area contributed by atoms with Crippen molar-refractivity contribution in [3.63, 3.8) is 0 Å². The predicted octanol–water partition coefficient (Wildman–Crippen LogP) is 4.58. The van der Waals surface area contributed by atoms with Gasteiger partial charge in [0, 0.05) is 12.2 Å². The van der Waals surface area contributed by atoms with E-state index >= 15 is 0 Å². The molecule has 20 heavy (non-hydrogen) atoms. The van der Waals surface area contributed by atoms with E-state index in [1.807, 2.05) is 30.3 Å². The summed E-state index contributed by atoms with van der Waals surface area (Å²) >= 11 is 5.41. The van der Waals surface area contributed by atoms with Gasteiger partial charge in [-0.3, -0.25) is 0 Å². The van der Waals surface area contributed by atoms with Crippen molar-refractivity contribution >= 4 is 23.0 Å². The molecule has 0 unspecified atom stereocenters. The van der Waals surface area contributed by atoms with E-state index in [2.05, 4.69) is 24.5 Å². The molecule has 0 heterocycles. The highest BCUT2D eigenvalue weighted by Crippen LogP contribution is 2.42. The SMILES string of the molecule is CC(C)CC1(CNC(=S)Nc2ccccc2)CCCC1. The summed E-state index contributed by atoms with van der Waals surface area (Å²) in [4.78, 5) is 0. The molecule has 1 saturated carbocycles. The van der Waals surface area contributed by atoms with Crippen molar-refractivity contribution < 1.29 is 0 Å². The van der Waals surface area contributed by atoms with Gasteiger partial charge in [-0.1, -0.05) is 44.9 Å². The van der Waals surface area contributed by atoms with Crippen LogP contribution in [0.4, 0.5) is 5.69 Å². The van der Waals surface area contributed by atoms with Gasteiger partial charge in [0.25, 0.3) is 0 Å². The molecule has 0 saturated heterocycles. The van der Waals surface area contributed by atoms with Crippen molar-refractivity contribution in [2.75, 3.05) is 11.9 Å². The van der Waals surface area contributed by atoms with Crippen LogP contribution in [0, 0.1) is 11.3 Å². The summed E-state index contributed by atoms with van der Waals surface area (Å²) in [5.74, 6) is 0.755. The summed E-state index contributed by atoms with van der Waals surface area (Å²) in [5.41, 5.74) is 1.51. The Balaban J connectivity index is 1.85. The van der Waals surface area contributed by atoms with Crippen molar-refractivity contribution in [1.29, 1.82) is 0 Å². The summed E-state index contributed by atoms with van der Waals surface area (Å²) < 4.78 is 0. The molecule has 0 aromatic heterocycles. The standard InChI is InChI=1S/C17H26N2S/c1-14(2)12-17(10-6-7-11-17)13-18-16(20)19-15-8-4-3-5-9-15/h3-5,8-9,14H,6-7,10-13H2,1-2H3,(H2,18,19,20). The molecule has 1 aliphatic carbocycles. The topological polar surface area (TPSA) is 24.1 Å². The molecule has 1 aromatic rings. The average molecular weight is 290 g/mol. The quantitative estimate of drug-likeness (QED) is 0.776. The molecule has 0 aliphatic heterocycles. The summed E-state index contributed by atoms with van der Waals surface area (Å²) in [6.07, 6.45) is 6.72. The van der Waals surface area contributed by atoms with E-state index in [0.29, 0.717) is 5.41 Å². The van der Waals surface area contributed by atoms with E-state index < -0.39 is 0 Å². The molecule has 2 rings (SSSR count). The van der Waals surface area contributed by atoms with Gasteiger partial charge in [-0.2, -0.15) is 0 Å². The maximum absolute atomic E-state index is 5.41. The van der Waals surface area contributed by atoms with Crippen LogP contribution in [0.5, 0.6) is 0 Å². The number of para-hydroxylation sites is 1. The summed E-state index contributed by atoms with van der Waals surface area (Å²) in [6.45, 7) is 5.64. The number of hydrogen-bond acceptors (Lipinski definition) is 1. The first-order valence-corrected chi connectivity index (χ1v) is 8.10. The van der Waals surface area contributed by atoms with Gasteiger partial charge in [0.05, 0.1) is 0 Å². The van der Waals surface area contributed by atoms with Gasteiger partial charge in [-0.25, -0.2) is 0 Å². The van der Waals surface area contributed by atoms with Crippen LogP contribution in [-0.4, -0.2) is 11.7 Å². The Morgan fingerprint density at radius 1 is 1.20 bits per heavy atom. The molecule has 110 valence electrons. The number of hydrogen-bond donors (Lipinski definition) is 2. The minimum absolute atomic E-state index is 0.455. The van der Waals surface area contributed by atoms with Gasteiger partial charge in [0.15, 0.2) is 5.11 Å². The minimum atomic E-state index is 0.455. The molecule has 0 amide bonds. The van der Waals surface area contributed by atoms with Crippen LogP contribution >= 0.6 is 12.2 Å². The van der Waals surface area contributed by atoms with Gasteiger partial charge in [-0.05, 0) is 54.9 Å². The van der Waals surface area contributed by atoms with Crippen molar-refractivity contribution in [3.8, 4) is 0 Å². The predicted molar refractivity (Wildman–Crippen MR) is 91.0 cm³/mol. The molecule has 2 nitrogen and oxygen atoms in total. The second-order valence-corrected chi connectivity index (χ2v) is 6.89. The van der Waals surface area contributed by atoms with Crippen LogP contribution in [0.1, 0.15) is 46.0 Å². The molecule has 0 spiro atoms. The smallest absolute Gasteiger partial charge is 0.170 e. The third-order valence-electron chi connectivity index (χ3n) is 4.16. The molecule has 3 heteroatoms. The molecule has 1 aliphatic rings. The summed E-state index contributed by atoms with van der Waals surface area (Å²) in [6, 6.07) is 10.1. The lowest BCUT2D eigenvalue weighted by molar-refractivity contribution is 0.236. The first-order chi connectivity index (χ1) is 9.60. The molecule has 0 bridgehead atoms. The Bertz CT molecular complexity index is 422. The lowest BCUT2D eigenvalue weighted by Gasteiger charge is -2.31. The van der Waals surface area contributed by atoms with E-state index in [4.69, 9.17) is 12.2 Å². The second-order valence-electron chi connectivity index (χ2n) is 6.48. The van der Waals surface area contributed by atoms with Gasteiger partial charge in [-0.15, -0.1) is 0 Å². The Morgan fingerprint density at radius 2 is 1.85 bits per heavy atom. The van der Waals surface area contributed by atoms with E-state index in [1.165, 1.54) is 32.1 Å². The molecule has 1 aromatic carbocycles. The van der Waals surface area contributed by atoms with Crippen molar-refractivity contribution in [1.82, 2.24) is 5.32 Å². The van der Waals surface area contributed by atoms with E-state index in [0.717, 1.165) is 23.3 Å². The number of nitrogens with one attached hydrogen (secondary N) is 2. The fraction of sp³-hybridized carbons (Fsp3) is 0.588. The molecule has 0 radical (unpaired) electrons. The molecular formula is C17H26N2S. The fourth-order valence-corrected chi connectivity index (χ4v) is 3.60. The molecular weight excluding hydrogens is 264 g/mol. The summed E-state index contributed by atoms with van der Waals surface area (Å²) in [5, 5.41) is 7.44. The van der Waals surface area contributed by atoms with Gasteiger partial charge >= 0.3 is 0 Å². The number of benzene rings is 1. The third-order valence-corrected chi connectivity index (χ3v) is 4.41. The van der Waals surface area contributed by atoms with Crippen LogP contribution in [0.2, 0.25) is 0 Å². The Kier molecular flexibility index (Phi) is 5.41. The highest BCUT2D eigenvalue weighted by Gasteiger charge is 2.34. The van der Waals surface area contributed by atoms with Crippen molar-refractivity contribution in [2.45, 2.75) is 46.0 Å². The number of rotatable bonds is 5. The normalized spacial score (nSPS) is 17.1. The zero-order chi connectivity index (χ0) is 14.4. The highest BCUT2D eigenvalue weighted by atomic mass is 32.1. The largest absolute Gasteiger partial charge is 0.362 e. The highest BCUT2D eigenvalue weighted by molar-refractivity contribution is 7.80. The second kappa shape index (κ2) is 7.07. The molecule has 0 atom stereocenters. The maximum atomic E-state index is 5.41. The molecule has 1 fully saturated rings. The minimum Gasteiger partial charge on any atom is -0.362 e. The lowest BCUT2D eigenvalue weighted by atomic mass is 9.78. The van der Waals surface area contributed by atoms with Crippen LogP contribution in [0.3, 0.4) is 0 Å². The zero-order valence-corrected chi connectivity index (χ0v) is 13.4. The summed E-state index contributed by atoms with van der Waals surface area (Å²) in [7, 11) is 0. The first kappa shape index (κ1) is 15.3. The fourth-order valence-electron chi connectivity index (χ4n) is 3.41.